The lowest BCUT2D eigenvalue weighted by Gasteiger charge is -2.19. The lowest BCUT2D eigenvalue weighted by atomic mass is 10.1. The molecule has 76 valence electrons. The Morgan fingerprint density at radius 3 is 2.85 bits per heavy atom. The van der Waals surface area contributed by atoms with Gasteiger partial charge in [0, 0.05) is 6.04 Å². The molecule has 1 saturated heterocycles. The number of hydrogen-bond acceptors (Lipinski definition) is 3. The minimum Gasteiger partial charge on any atom is -0.479 e. The third-order valence-corrected chi connectivity index (χ3v) is 2.73. The maximum absolute atomic E-state index is 10.3. The van der Waals surface area contributed by atoms with Gasteiger partial charge < -0.3 is 15.1 Å². The molecule has 4 heteroatoms. The van der Waals surface area contributed by atoms with Crippen LogP contribution in [0.5, 0.6) is 0 Å². The summed E-state index contributed by atoms with van der Waals surface area (Å²) in [5.74, 6) is -1.11. The Hall–Kier alpha value is -0.610. The van der Waals surface area contributed by atoms with Gasteiger partial charge >= 0.3 is 5.97 Å². The standard InChI is InChI=1S/C9H17NO3/c1-10-6-2-3-7(10)4-5-8(11)9(12)13/h7-8,11H,2-6H2,1H3,(H,12,13)/t7-,8?/m0/s1. The van der Waals surface area contributed by atoms with E-state index in [2.05, 4.69) is 4.90 Å². The number of carboxylic acid groups (broad SMARTS) is 1. The fourth-order valence-electron chi connectivity index (χ4n) is 1.82. The third kappa shape index (κ3) is 2.97. The van der Waals surface area contributed by atoms with Crippen molar-refractivity contribution in [1.29, 1.82) is 0 Å². The Balaban J connectivity index is 2.22. The predicted molar refractivity (Wildman–Crippen MR) is 48.5 cm³/mol. The second kappa shape index (κ2) is 4.58. The number of carboxylic acids is 1. The summed E-state index contributed by atoms with van der Waals surface area (Å²) < 4.78 is 0. The van der Waals surface area contributed by atoms with E-state index in [9.17, 15) is 4.79 Å². The number of aliphatic carboxylic acids is 1. The van der Waals surface area contributed by atoms with Crippen molar-refractivity contribution >= 4 is 5.97 Å². The summed E-state index contributed by atoms with van der Waals surface area (Å²) in [5, 5.41) is 17.5. The van der Waals surface area contributed by atoms with Gasteiger partial charge in [-0.05, 0) is 39.3 Å². The number of hydrogen-bond donors (Lipinski definition) is 2. The second-order valence-electron chi connectivity index (χ2n) is 3.71. The van der Waals surface area contributed by atoms with Crippen molar-refractivity contribution < 1.29 is 15.0 Å². The number of carbonyl (C=O) groups is 1. The molecule has 13 heavy (non-hydrogen) atoms. The van der Waals surface area contributed by atoms with Gasteiger partial charge in [0.05, 0.1) is 0 Å². The molecule has 1 unspecified atom stereocenters. The molecule has 1 aliphatic rings. The summed E-state index contributed by atoms with van der Waals surface area (Å²) in [7, 11) is 2.05. The van der Waals surface area contributed by atoms with Crippen molar-refractivity contribution in [2.24, 2.45) is 0 Å². The molecule has 1 rings (SSSR count). The van der Waals surface area contributed by atoms with Gasteiger partial charge in [0.25, 0.3) is 0 Å². The molecule has 1 fully saturated rings. The number of likely N-dealkylation sites (tertiary alicyclic amines) is 1. The molecular weight excluding hydrogens is 170 g/mol. The highest BCUT2D eigenvalue weighted by molar-refractivity contribution is 5.71. The fraction of sp³-hybridized carbons (Fsp3) is 0.889. The van der Waals surface area contributed by atoms with Gasteiger partial charge in [-0.25, -0.2) is 4.79 Å². The largest absolute Gasteiger partial charge is 0.479 e. The molecule has 0 aromatic rings. The lowest BCUT2D eigenvalue weighted by molar-refractivity contribution is -0.147. The van der Waals surface area contributed by atoms with Crippen LogP contribution in [0, 0.1) is 0 Å². The lowest BCUT2D eigenvalue weighted by Crippen LogP contribution is -2.28. The zero-order valence-electron chi connectivity index (χ0n) is 7.94. The van der Waals surface area contributed by atoms with Crippen LogP contribution in [-0.2, 0) is 4.79 Å². The number of rotatable bonds is 4. The Morgan fingerprint density at radius 2 is 2.38 bits per heavy atom. The zero-order valence-corrected chi connectivity index (χ0v) is 7.94. The first kappa shape index (κ1) is 10.5. The third-order valence-electron chi connectivity index (χ3n) is 2.73. The quantitative estimate of drug-likeness (QED) is 0.665. The van der Waals surface area contributed by atoms with E-state index in [0.29, 0.717) is 12.5 Å². The summed E-state index contributed by atoms with van der Waals surface area (Å²) in [6, 6.07) is 0.467. The maximum Gasteiger partial charge on any atom is 0.332 e. The number of aliphatic hydroxyl groups excluding tert-OH is 1. The molecule has 2 atom stereocenters. The van der Waals surface area contributed by atoms with Crippen LogP contribution >= 0.6 is 0 Å². The molecule has 0 bridgehead atoms. The second-order valence-corrected chi connectivity index (χ2v) is 3.71. The van der Waals surface area contributed by atoms with E-state index in [0.717, 1.165) is 19.4 Å². The molecule has 0 radical (unpaired) electrons. The van der Waals surface area contributed by atoms with Gasteiger partial charge in [0.15, 0.2) is 6.10 Å². The molecule has 4 nitrogen and oxygen atoms in total. The summed E-state index contributed by atoms with van der Waals surface area (Å²) >= 11 is 0. The van der Waals surface area contributed by atoms with Gasteiger partial charge in [-0.15, -0.1) is 0 Å². The molecule has 1 aliphatic heterocycles. The summed E-state index contributed by atoms with van der Waals surface area (Å²) in [6.45, 7) is 1.09. The first-order valence-corrected chi connectivity index (χ1v) is 4.72. The number of aliphatic hydroxyl groups is 1. The smallest absolute Gasteiger partial charge is 0.332 e. The number of nitrogens with zero attached hydrogens (tertiary/aromatic N) is 1. The Labute approximate surface area is 78.2 Å². The normalized spacial score (nSPS) is 26.2. The summed E-state index contributed by atoms with van der Waals surface area (Å²) in [6.07, 6.45) is 2.27. The summed E-state index contributed by atoms with van der Waals surface area (Å²) in [5.41, 5.74) is 0. The zero-order chi connectivity index (χ0) is 9.84. The minimum atomic E-state index is -1.19. The van der Waals surface area contributed by atoms with Gasteiger partial charge in [0.1, 0.15) is 0 Å². The molecular formula is C9H17NO3. The highest BCUT2D eigenvalue weighted by atomic mass is 16.4. The van der Waals surface area contributed by atoms with E-state index in [4.69, 9.17) is 10.2 Å². The topological polar surface area (TPSA) is 60.8 Å². The van der Waals surface area contributed by atoms with E-state index in [1.807, 2.05) is 7.05 Å². The van der Waals surface area contributed by atoms with Crippen LogP contribution in [0.4, 0.5) is 0 Å². The first-order chi connectivity index (χ1) is 6.11. The highest BCUT2D eigenvalue weighted by Crippen LogP contribution is 2.19. The van der Waals surface area contributed by atoms with Gasteiger partial charge in [-0.3, -0.25) is 0 Å². The summed E-state index contributed by atoms with van der Waals surface area (Å²) in [4.78, 5) is 12.6. The Morgan fingerprint density at radius 1 is 1.69 bits per heavy atom. The fourth-order valence-corrected chi connectivity index (χ4v) is 1.82. The molecule has 0 spiro atoms. The van der Waals surface area contributed by atoms with Crippen LogP contribution in [0.3, 0.4) is 0 Å². The van der Waals surface area contributed by atoms with E-state index < -0.39 is 12.1 Å². The van der Waals surface area contributed by atoms with Gasteiger partial charge in [-0.1, -0.05) is 0 Å². The molecule has 0 saturated carbocycles. The van der Waals surface area contributed by atoms with Crippen LogP contribution in [0.1, 0.15) is 25.7 Å². The Bertz CT molecular complexity index is 184. The average Bonchev–Trinajstić information content (AvgIpc) is 2.47. The maximum atomic E-state index is 10.3. The average molecular weight is 187 g/mol. The van der Waals surface area contributed by atoms with Crippen molar-refractivity contribution in [3.8, 4) is 0 Å². The molecule has 2 N–H and O–H groups in total. The molecule has 0 aromatic carbocycles. The molecule has 1 heterocycles. The Kier molecular flexibility index (Phi) is 3.69. The monoisotopic (exact) mass is 187 g/mol. The van der Waals surface area contributed by atoms with Crippen LogP contribution in [0.25, 0.3) is 0 Å². The van der Waals surface area contributed by atoms with E-state index in [1.54, 1.807) is 0 Å². The van der Waals surface area contributed by atoms with Crippen molar-refractivity contribution in [3.05, 3.63) is 0 Å². The van der Waals surface area contributed by atoms with Crippen LogP contribution in [0.2, 0.25) is 0 Å². The highest BCUT2D eigenvalue weighted by Gasteiger charge is 2.22. The minimum absolute atomic E-state index is 0.365. The van der Waals surface area contributed by atoms with Crippen LogP contribution in [0.15, 0.2) is 0 Å². The van der Waals surface area contributed by atoms with E-state index >= 15 is 0 Å². The molecule has 0 amide bonds. The van der Waals surface area contributed by atoms with Crippen LogP contribution in [-0.4, -0.2) is 46.8 Å². The molecule has 0 aromatic heterocycles. The van der Waals surface area contributed by atoms with Crippen molar-refractivity contribution in [1.82, 2.24) is 4.90 Å². The van der Waals surface area contributed by atoms with E-state index in [1.165, 1.54) is 6.42 Å². The predicted octanol–water partition coefficient (Wildman–Crippen LogP) is 0.306. The van der Waals surface area contributed by atoms with E-state index in [-0.39, 0.29) is 0 Å². The van der Waals surface area contributed by atoms with Gasteiger partial charge in [-0.2, -0.15) is 0 Å². The van der Waals surface area contributed by atoms with Gasteiger partial charge in [0.2, 0.25) is 0 Å². The van der Waals surface area contributed by atoms with Crippen molar-refractivity contribution in [2.75, 3.05) is 13.6 Å². The van der Waals surface area contributed by atoms with Crippen LogP contribution < -0.4 is 0 Å². The van der Waals surface area contributed by atoms with Crippen molar-refractivity contribution in [2.45, 2.75) is 37.8 Å². The first-order valence-electron chi connectivity index (χ1n) is 4.72. The molecule has 0 aliphatic carbocycles. The van der Waals surface area contributed by atoms with Crippen molar-refractivity contribution in [3.63, 3.8) is 0 Å². The SMILES string of the molecule is CN1CCC[C@H]1CCC(O)C(=O)O.